The van der Waals surface area contributed by atoms with Gasteiger partial charge in [0.05, 0.1) is 0 Å². The summed E-state index contributed by atoms with van der Waals surface area (Å²) in [7, 11) is 0. The van der Waals surface area contributed by atoms with E-state index in [1.165, 1.54) is 71.0 Å². The van der Waals surface area contributed by atoms with Gasteiger partial charge in [0.2, 0.25) is 0 Å². The van der Waals surface area contributed by atoms with E-state index in [9.17, 15) is 0 Å². The van der Waals surface area contributed by atoms with Gasteiger partial charge in [0.1, 0.15) is 0 Å². The molecular formula is C36H34. The summed E-state index contributed by atoms with van der Waals surface area (Å²) >= 11 is 0. The molecule has 5 aromatic rings. The molecule has 1 fully saturated rings. The Kier molecular flexibility index (Phi) is 8.06. The van der Waals surface area contributed by atoms with E-state index < -0.39 is 0 Å². The van der Waals surface area contributed by atoms with Crippen LogP contribution in [0.3, 0.4) is 0 Å². The van der Waals surface area contributed by atoms with Gasteiger partial charge in [-0.15, -0.1) is 0 Å². The highest BCUT2D eigenvalue weighted by Gasteiger charge is 2.15. The fourth-order valence-electron chi connectivity index (χ4n) is 5.13. The Hall–Kier alpha value is -3.90. The smallest absolute Gasteiger partial charge is 0.0162 e. The van der Waals surface area contributed by atoms with Gasteiger partial charge in [-0.2, -0.15) is 0 Å². The molecule has 5 aromatic carbocycles. The minimum Gasteiger partial charge on any atom is -0.0622 e. The van der Waals surface area contributed by atoms with E-state index in [4.69, 9.17) is 0 Å². The highest BCUT2D eigenvalue weighted by atomic mass is 14.2. The molecule has 0 bridgehead atoms. The Morgan fingerprint density at radius 2 is 0.611 bits per heavy atom. The molecule has 36 heavy (non-hydrogen) atoms. The number of hydrogen-bond acceptors (Lipinski definition) is 0. The van der Waals surface area contributed by atoms with Crippen molar-refractivity contribution in [2.24, 2.45) is 0 Å². The maximum atomic E-state index is 2.33. The molecule has 0 heterocycles. The van der Waals surface area contributed by atoms with Crippen molar-refractivity contribution in [2.45, 2.75) is 38.0 Å². The van der Waals surface area contributed by atoms with Crippen LogP contribution in [0.25, 0.3) is 33.4 Å². The van der Waals surface area contributed by atoms with Crippen LogP contribution in [0.5, 0.6) is 0 Å². The maximum Gasteiger partial charge on any atom is -0.0162 e. The van der Waals surface area contributed by atoms with Crippen molar-refractivity contribution >= 4 is 0 Å². The number of benzene rings is 5. The summed E-state index contributed by atoms with van der Waals surface area (Å²) in [6.45, 7) is 0. The molecule has 1 aliphatic rings. The largest absolute Gasteiger partial charge is 0.0622 e. The molecule has 0 heteroatoms. The van der Waals surface area contributed by atoms with E-state index in [1.807, 2.05) is 12.1 Å². The van der Waals surface area contributed by atoms with Crippen molar-refractivity contribution in [1.82, 2.24) is 0 Å². The molecule has 0 unspecified atom stereocenters. The van der Waals surface area contributed by atoms with Crippen molar-refractivity contribution in [3.63, 3.8) is 0 Å². The molecule has 0 nitrogen and oxygen atoms in total. The molecule has 1 aliphatic carbocycles. The summed E-state index contributed by atoms with van der Waals surface area (Å²) in [5, 5.41) is 0. The Bertz CT molecular complexity index is 1240. The monoisotopic (exact) mass is 466 g/mol. The second-order valence-electron chi connectivity index (χ2n) is 9.63. The lowest BCUT2D eigenvalue weighted by Gasteiger charge is -2.22. The Morgan fingerprint density at radius 1 is 0.306 bits per heavy atom. The first-order valence-electron chi connectivity index (χ1n) is 13.2. The Morgan fingerprint density at radius 3 is 0.972 bits per heavy atom. The Balaban J connectivity index is 0.000000148. The minimum atomic E-state index is 0.809. The molecule has 6 rings (SSSR count). The predicted octanol–water partition coefficient (Wildman–Crippen LogP) is 10.4. The van der Waals surface area contributed by atoms with Crippen molar-refractivity contribution < 1.29 is 0 Å². The second-order valence-corrected chi connectivity index (χ2v) is 9.63. The predicted molar refractivity (Wildman–Crippen MR) is 155 cm³/mol. The average Bonchev–Trinajstić information content (AvgIpc) is 2.99. The van der Waals surface area contributed by atoms with Crippen LogP contribution in [0.15, 0.2) is 140 Å². The van der Waals surface area contributed by atoms with Crippen LogP contribution in [0.1, 0.15) is 43.6 Å². The lowest BCUT2D eigenvalue weighted by atomic mass is 9.84. The van der Waals surface area contributed by atoms with Gasteiger partial charge in [0.15, 0.2) is 0 Å². The molecular weight excluding hydrogens is 432 g/mol. The van der Waals surface area contributed by atoms with Crippen LogP contribution in [-0.2, 0) is 0 Å². The van der Waals surface area contributed by atoms with Crippen LogP contribution < -0.4 is 0 Å². The maximum absolute atomic E-state index is 2.33. The summed E-state index contributed by atoms with van der Waals surface area (Å²) in [4.78, 5) is 0. The summed E-state index contributed by atoms with van der Waals surface area (Å²) in [5.74, 6) is 0.809. The quantitative estimate of drug-likeness (QED) is 0.247. The second kappa shape index (κ2) is 12.2. The van der Waals surface area contributed by atoms with Crippen molar-refractivity contribution in [3.8, 4) is 33.4 Å². The van der Waals surface area contributed by atoms with Gasteiger partial charge in [-0.05, 0) is 57.7 Å². The number of hydrogen-bond donors (Lipinski definition) is 0. The Labute approximate surface area is 216 Å². The molecule has 0 amide bonds. The molecule has 0 aliphatic heterocycles. The first kappa shape index (κ1) is 23.8. The van der Waals surface area contributed by atoms with Gasteiger partial charge in [-0.1, -0.05) is 159 Å². The van der Waals surface area contributed by atoms with E-state index in [1.54, 1.807) is 0 Å². The third-order valence-corrected chi connectivity index (χ3v) is 7.19. The molecule has 0 radical (unpaired) electrons. The van der Waals surface area contributed by atoms with Gasteiger partial charge in [0.25, 0.3) is 0 Å². The van der Waals surface area contributed by atoms with Gasteiger partial charge < -0.3 is 0 Å². The van der Waals surface area contributed by atoms with Crippen molar-refractivity contribution in [3.05, 3.63) is 145 Å². The summed E-state index contributed by atoms with van der Waals surface area (Å²) < 4.78 is 0. The van der Waals surface area contributed by atoms with Crippen molar-refractivity contribution in [1.29, 1.82) is 0 Å². The zero-order valence-corrected chi connectivity index (χ0v) is 20.9. The molecule has 0 spiro atoms. The summed E-state index contributed by atoms with van der Waals surface area (Å²) in [6, 6.07) is 49.5. The van der Waals surface area contributed by atoms with E-state index in [-0.39, 0.29) is 0 Å². The highest BCUT2D eigenvalue weighted by Crippen LogP contribution is 2.33. The lowest BCUT2D eigenvalue weighted by Crippen LogP contribution is -2.04. The van der Waals surface area contributed by atoms with Crippen LogP contribution in [0.2, 0.25) is 0 Å². The van der Waals surface area contributed by atoms with Gasteiger partial charge in [-0.3, -0.25) is 0 Å². The number of rotatable bonds is 4. The van der Waals surface area contributed by atoms with Crippen LogP contribution in [0.4, 0.5) is 0 Å². The van der Waals surface area contributed by atoms with E-state index in [2.05, 4.69) is 127 Å². The lowest BCUT2D eigenvalue weighted by molar-refractivity contribution is 0.443. The first-order chi connectivity index (χ1) is 17.9. The molecule has 0 saturated heterocycles. The average molecular weight is 467 g/mol. The zero-order valence-electron chi connectivity index (χ0n) is 20.9. The molecule has 0 N–H and O–H groups in total. The van der Waals surface area contributed by atoms with E-state index in [0.717, 1.165) is 5.92 Å². The third kappa shape index (κ3) is 6.20. The van der Waals surface area contributed by atoms with Crippen LogP contribution in [-0.4, -0.2) is 0 Å². The van der Waals surface area contributed by atoms with Crippen LogP contribution >= 0.6 is 0 Å². The van der Waals surface area contributed by atoms with E-state index in [0.29, 0.717) is 0 Å². The molecule has 0 aromatic heterocycles. The standard InChI is InChI=1S/C18H20.C18H14/c2*1-3-7-15(8-4-1)17-11-13-18(14-12-17)16-9-5-2-6-10-16/h1,3-4,7-8,11-14,16H,2,5-6,9-10H2;1-14H. The zero-order chi connectivity index (χ0) is 24.4. The molecule has 0 atom stereocenters. The fourth-order valence-corrected chi connectivity index (χ4v) is 5.13. The fraction of sp³-hybridized carbons (Fsp3) is 0.167. The summed E-state index contributed by atoms with van der Waals surface area (Å²) in [6.07, 6.45) is 7.00. The first-order valence-corrected chi connectivity index (χ1v) is 13.2. The van der Waals surface area contributed by atoms with Gasteiger partial charge >= 0.3 is 0 Å². The summed E-state index contributed by atoms with van der Waals surface area (Å²) in [5.41, 5.74) is 9.22. The van der Waals surface area contributed by atoms with Crippen molar-refractivity contribution in [2.75, 3.05) is 0 Å². The van der Waals surface area contributed by atoms with E-state index >= 15 is 0 Å². The topological polar surface area (TPSA) is 0 Å². The SMILES string of the molecule is c1ccc(-c2ccc(-c3ccccc3)cc2)cc1.c1ccc(-c2ccc(C3CCCCC3)cc2)cc1. The third-order valence-electron chi connectivity index (χ3n) is 7.19. The highest BCUT2D eigenvalue weighted by molar-refractivity contribution is 5.70. The van der Waals surface area contributed by atoms with Gasteiger partial charge in [0, 0.05) is 0 Å². The van der Waals surface area contributed by atoms with Crippen LogP contribution in [0, 0.1) is 0 Å². The molecule has 178 valence electrons. The molecule has 1 saturated carbocycles. The normalized spacial score (nSPS) is 13.4. The minimum absolute atomic E-state index is 0.809. The van der Waals surface area contributed by atoms with Gasteiger partial charge in [-0.25, -0.2) is 0 Å².